The molecule has 11 heteroatoms. The van der Waals surface area contributed by atoms with E-state index in [4.69, 9.17) is 28.4 Å². The minimum atomic E-state index is -0.250. The third-order valence-corrected chi connectivity index (χ3v) is 16.6. The van der Waals surface area contributed by atoms with E-state index in [1.165, 1.54) is 51.4 Å². The van der Waals surface area contributed by atoms with Crippen molar-refractivity contribution in [3.63, 3.8) is 0 Å². The average molecular weight is 927 g/mol. The molecule has 372 valence electrons. The molecule has 0 spiro atoms. The Bertz CT molecular complexity index is 1820. The number of allylic oxidation sites excluding steroid dienone is 1. The number of esters is 1. The number of benzene rings is 2. The summed E-state index contributed by atoms with van der Waals surface area (Å²) in [5.41, 5.74) is 4.26. The first-order valence-electron chi connectivity index (χ1n) is 26.5. The van der Waals surface area contributed by atoms with Gasteiger partial charge in [-0.1, -0.05) is 65.5 Å². The van der Waals surface area contributed by atoms with Crippen molar-refractivity contribution in [3.8, 4) is 5.75 Å². The van der Waals surface area contributed by atoms with Crippen LogP contribution in [0.4, 0.5) is 11.4 Å². The van der Waals surface area contributed by atoms with Crippen LogP contribution in [0.15, 0.2) is 70.4 Å². The number of carbonyl (C=O) groups is 1. The normalized spacial score (nSPS) is 30.1. The molecule has 0 radical (unpaired) electrons. The summed E-state index contributed by atoms with van der Waals surface area (Å²) >= 11 is 0. The Kier molecular flexibility index (Phi) is 20.2. The Morgan fingerprint density at radius 1 is 0.746 bits per heavy atom. The first-order valence-corrected chi connectivity index (χ1v) is 26.5. The first kappa shape index (κ1) is 51.7. The van der Waals surface area contributed by atoms with Crippen LogP contribution in [0.3, 0.4) is 0 Å². The Morgan fingerprint density at radius 3 is 2.07 bits per heavy atom. The number of fused-ring (bicyclic) bond motifs is 5. The third kappa shape index (κ3) is 14.7. The van der Waals surface area contributed by atoms with Crippen LogP contribution in [0, 0.1) is 46.3 Å². The molecule has 2 aromatic rings. The zero-order chi connectivity index (χ0) is 46.9. The van der Waals surface area contributed by atoms with E-state index in [2.05, 4.69) is 61.1 Å². The molecule has 8 atom stereocenters. The van der Waals surface area contributed by atoms with E-state index in [1.54, 1.807) is 17.7 Å². The van der Waals surface area contributed by atoms with Crippen LogP contribution < -0.4 is 10.1 Å². The second-order valence-electron chi connectivity index (χ2n) is 21.4. The van der Waals surface area contributed by atoms with Crippen molar-refractivity contribution in [2.24, 2.45) is 56.6 Å². The minimum absolute atomic E-state index is 0.0695. The van der Waals surface area contributed by atoms with Crippen LogP contribution in [-0.2, 0) is 23.7 Å². The molecule has 0 amide bonds. The van der Waals surface area contributed by atoms with E-state index in [0.29, 0.717) is 76.1 Å². The maximum Gasteiger partial charge on any atom is 0.338 e. The second kappa shape index (κ2) is 26.1. The molecule has 1 heterocycles. The maximum absolute atomic E-state index is 13.4. The van der Waals surface area contributed by atoms with Gasteiger partial charge in [0.05, 0.1) is 76.4 Å². The fraction of sp³-hybridized carbons (Fsp3) is 0.732. The van der Waals surface area contributed by atoms with Crippen LogP contribution in [0.5, 0.6) is 5.75 Å². The standard InChI is InChI=1S/C56H86N4O7/c1-42(2)9-8-10-43(3)51-21-22-52-50-20-13-45-41-49(23-25-55(45,4)53(50)24-26-56(51,52)5)67-54(61)44-11-14-46(15-12-44)58-59-47-16-18-48(19-17-47)66-32-7-6-29-60-30-35-64-39-37-62-33-27-57-28-34-63-38-40-65-36-31-60/h11-19,42-43,49-53,57H,6-10,20-41H2,1-5H3/t43-,49+,50+,51-,52+,53+,55+,56-/m1/s1. The molecule has 0 bridgehead atoms. The molecule has 5 aliphatic rings. The monoisotopic (exact) mass is 927 g/mol. The zero-order valence-electron chi connectivity index (χ0n) is 42.0. The largest absolute Gasteiger partial charge is 0.494 e. The SMILES string of the molecule is CC(C)CCC[C@@H](C)[C@H]1CC[C@H]2[C@@H]3CC=C4C[C@@H](OC(=O)c5ccc(N=Nc6ccc(OCCCCN7CCOCCOCCNCCOCCOCC7)cc6)cc5)CC[C@]4(C)[C@H]3CC[C@]12C. The number of ether oxygens (including phenoxy) is 6. The van der Waals surface area contributed by atoms with E-state index in [-0.39, 0.29) is 17.5 Å². The van der Waals surface area contributed by atoms with Crippen molar-refractivity contribution in [3.05, 3.63) is 65.7 Å². The van der Waals surface area contributed by atoms with Gasteiger partial charge in [-0.3, -0.25) is 4.90 Å². The number of nitrogens with one attached hydrogen (secondary N) is 1. The lowest BCUT2D eigenvalue weighted by atomic mass is 9.47. The summed E-state index contributed by atoms with van der Waals surface area (Å²) in [6.07, 6.45) is 18.3. The van der Waals surface area contributed by atoms with Crippen molar-refractivity contribution < 1.29 is 33.2 Å². The Balaban J connectivity index is 0.807. The highest BCUT2D eigenvalue weighted by molar-refractivity contribution is 5.89. The van der Waals surface area contributed by atoms with Gasteiger partial charge in [-0.2, -0.15) is 10.2 Å². The highest BCUT2D eigenvalue weighted by atomic mass is 16.5. The molecule has 0 unspecified atom stereocenters. The van der Waals surface area contributed by atoms with E-state index in [1.807, 2.05) is 36.4 Å². The summed E-state index contributed by atoms with van der Waals surface area (Å²) in [5, 5.41) is 12.2. The number of azo groups is 1. The predicted molar refractivity (Wildman–Crippen MR) is 267 cm³/mol. The van der Waals surface area contributed by atoms with Gasteiger partial charge < -0.3 is 33.7 Å². The Labute approximate surface area is 403 Å². The molecule has 2 aromatic carbocycles. The topological polar surface area (TPSA) is 112 Å². The molecule has 4 aliphatic carbocycles. The lowest BCUT2D eigenvalue weighted by molar-refractivity contribution is -0.0594. The van der Waals surface area contributed by atoms with Crippen molar-refractivity contribution in [2.75, 3.05) is 92.2 Å². The fourth-order valence-corrected chi connectivity index (χ4v) is 12.8. The van der Waals surface area contributed by atoms with E-state index in [0.717, 1.165) is 112 Å². The molecular formula is C56H86N4O7. The van der Waals surface area contributed by atoms with Crippen molar-refractivity contribution in [2.45, 2.75) is 124 Å². The van der Waals surface area contributed by atoms with E-state index in [9.17, 15) is 4.79 Å². The van der Waals surface area contributed by atoms with Crippen LogP contribution in [0.25, 0.3) is 0 Å². The van der Waals surface area contributed by atoms with Gasteiger partial charge in [-0.05, 0) is 159 Å². The van der Waals surface area contributed by atoms with Gasteiger partial charge in [0.2, 0.25) is 0 Å². The molecule has 1 N–H and O–H groups in total. The van der Waals surface area contributed by atoms with E-state index < -0.39 is 0 Å². The lowest BCUT2D eigenvalue weighted by Crippen LogP contribution is -2.51. The van der Waals surface area contributed by atoms with Crippen LogP contribution >= 0.6 is 0 Å². The molecular weight excluding hydrogens is 841 g/mol. The van der Waals surface area contributed by atoms with Gasteiger partial charge in [0.1, 0.15) is 11.9 Å². The zero-order valence-corrected chi connectivity index (χ0v) is 42.0. The van der Waals surface area contributed by atoms with Crippen molar-refractivity contribution >= 4 is 17.3 Å². The Morgan fingerprint density at radius 2 is 1.40 bits per heavy atom. The van der Waals surface area contributed by atoms with Crippen LogP contribution in [0.2, 0.25) is 0 Å². The number of unbranched alkanes of at least 4 members (excludes halogenated alkanes) is 1. The van der Waals surface area contributed by atoms with Crippen LogP contribution in [0.1, 0.15) is 128 Å². The summed E-state index contributed by atoms with van der Waals surface area (Å²) in [6, 6.07) is 15.0. The molecule has 1 saturated heterocycles. The fourth-order valence-electron chi connectivity index (χ4n) is 12.8. The molecule has 67 heavy (non-hydrogen) atoms. The molecule has 11 nitrogen and oxygen atoms in total. The third-order valence-electron chi connectivity index (χ3n) is 16.6. The smallest absolute Gasteiger partial charge is 0.338 e. The maximum atomic E-state index is 13.4. The molecule has 0 aromatic heterocycles. The number of hydrogen-bond donors (Lipinski definition) is 1. The van der Waals surface area contributed by atoms with E-state index >= 15 is 0 Å². The summed E-state index contributed by atoms with van der Waals surface area (Å²) in [5.74, 6) is 5.50. The number of rotatable bonds is 15. The van der Waals surface area contributed by atoms with Gasteiger partial charge in [0, 0.05) is 32.6 Å². The van der Waals surface area contributed by atoms with Gasteiger partial charge in [0.25, 0.3) is 0 Å². The number of nitrogens with zero attached hydrogens (tertiary/aromatic N) is 3. The average Bonchev–Trinajstić information content (AvgIpc) is 3.69. The number of carbonyl (C=O) groups excluding carboxylic acids is 1. The van der Waals surface area contributed by atoms with Gasteiger partial charge in [-0.15, -0.1) is 0 Å². The minimum Gasteiger partial charge on any atom is -0.494 e. The molecule has 7 rings (SSSR count). The van der Waals surface area contributed by atoms with Gasteiger partial charge in [-0.25, -0.2) is 4.79 Å². The molecule has 4 fully saturated rings. The highest BCUT2D eigenvalue weighted by Gasteiger charge is 2.59. The summed E-state index contributed by atoms with van der Waals surface area (Å²) in [7, 11) is 0. The summed E-state index contributed by atoms with van der Waals surface area (Å²) in [4.78, 5) is 15.8. The lowest BCUT2D eigenvalue weighted by Gasteiger charge is -2.58. The summed E-state index contributed by atoms with van der Waals surface area (Å²) < 4.78 is 35.2. The Hall–Kier alpha value is -3.19. The van der Waals surface area contributed by atoms with Crippen molar-refractivity contribution in [1.82, 2.24) is 10.2 Å². The molecule has 1 aliphatic heterocycles. The predicted octanol–water partition coefficient (Wildman–Crippen LogP) is 11.8. The van der Waals surface area contributed by atoms with Crippen LogP contribution in [-0.4, -0.2) is 109 Å². The summed E-state index contributed by atoms with van der Waals surface area (Å²) in [6.45, 7) is 22.6. The number of hydrogen-bond acceptors (Lipinski definition) is 11. The highest BCUT2D eigenvalue weighted by Crippen LogP contribution is 2.67. The van der Waals surface area contributed by atoms with Gasteiger partial charge in [0.15, 0.2) is 0 Å². The first-order chi connectivity index (χ1) is 32.6. The van der Waals surface area contributed by atoms with Gasteiger partial charge >= 0.3 is 5.97 Å². The molecule has 3 saturated carbocycles. The quantitative estimate of drug-likeness (QED) is 0.0807. The second-order valence-corrected chi connectivity index (χ2v) is 21.4. The van der Waals surface area contributed by atoms with Crippen molar-refractivity contribution in [1.29, 1.82) is 0 Å².